The molecule has 6 nitrogen and oxygen atoms in total. The summed E-state index contributed by atoms with van der Waals surface area (Å²) in [5.74, 6) is -0.166. The molecular formula is C20H40O6. The third kappa shape index (κ3) is 21.4. The van der Waals surface area contributed by atoms with Crippen LogP contribution in [-0.4, -0.2) is 65.4 Å². The highest BCUT2D eigenvalue weighted by atomic mass is 16.6. The van der Waals surface area contributed by atoms with E-state index in [4.69, 9.17) is 23.7 Å². The van der Waals surface area contributed by atoms with Crippen LogP contribution in [0.3, 0.4) is 0 Å². The molecule has 0 fully saturated rings. The zero-order valence-electron chi connectivity index (χ0n) is 17.0. The van der Waals surface area contributed by atoms with Gasteiger partial charge in [-0.1, -0.05) is 46.0 Å². The number of unbranched alkanes of at least 4 members (excludes halogenated alkanes) is 5. The Bertz CT molecular complexity index is 285. The summed E-state index contributed by atoms with van der Waals surface area (Å²) in [5.41, 5.74) is 0. The van der Waals surface area contributed by atoms with Crippen molar-refractivity contribution in [2.45, 2.75) is 65.2 Å². The summed E-state index contributed by atoms with van der Waals surface area (Å²) in [5, 5.41) is 0. The predicted octanol–water partition coefficient (Wildman–Crippen LogP) is 3.76. The summed E-state index contributed by atoms with van der Waals surface area (Å²) in [7, 11) is 0. The first kappa shape index (κ1) is 25.3. The van der Waals surface area contributed by atoms with Gasteiger partial charge in [-0.3, -0.25) is 4.79 Å². The van der Waals surface area contributed by atoms with Crippen LogP contribution in [0.1, 0.15) is 65.2 Å². The van der Waals surface area contributed by atoms with Crippen molar-refractivity contribution in [3.05, 3.63) is 0 Å². The molecule has 26 heavy (non-hydrogen) atoms. The molecule has 0 aromatic rings. The first-order valence-corrected chi connectivity index (χ1v) is 10.3. The number of rotatable bonds is 21. The van der Waals surface area contributed by atoms with E-state index in [0.29, 0.717) is 59.3 Å². The highest BCUT2D eigenvalue weighted by molar-refractivity contribution is 5.69. The monoisotopic (exact) mass is 376 g/mol. The van der Waals surface area contributed by atoms with E-state index in [2.05, 4.69) is 6.92 Å². The van der Waals surface area contributed by atoms with E-state index in [-0.39, 0.29) is 5.97 Å². The van der Waals surface area contributed by atoms with Gasteiger partial charge in [0.25, 0.3) is 0 Å². The van der Waals surface area contributed by atoms with Crippen molar-refractivity contribution >= 4 is 5.97 Å². The number of esters is 1. The van der Waals surface area contributed by atoms with Gasteiger partial charge >= 0.3 is 5.97 Å². The molecule has 0 aliphatic heterocycles. The predicted molar refractivity (Wildman–Crippen MR) is 103 cm³/mol. The third-order valence-corrected chi connectivity index (χ3v) is 3.70. The lowest BCUT2D eigenvalue weighted by molar-refractivity contribution is -0.145. The van der Waals surface area contributed by atoms with E-state index in [0.717, 1.165) is 19.4 Å². The second-order valence-electron chi connectivity index (χ2n) is 6.19. The van der Waals surface area contributed by atoms with Crippen molar-refractivity contribution in [3.63, 3.8) is 0 Å². The molecule has 0 aliphatic carbocycles. The minimum atomic E-state index is -0.166. The van der Waals surface area contributed by atoms with Gasteiger partial charge in [-0.2, -0.15) is 0 Å². The fourth-order valence-electron chi connectivity index (χ4n) is 2.24. The zero-order valence-corrected chi connectivity index (χ0v) is 17.0. The SMILES string of the molecule is CCCCCCCCOCCOCCOCCOCCOC(=O)CCC. The minimum absolute atomic E-state index is 0.166. The molecule has 0 saturated heterocycles. The van der Waals surface area contributed by atoms with Crippen LogP contribution in [-0.2, 0) is 28.5 Å². The van der Waals surface area contributed by atoms with Crippen molar-refractivity contribution in [2.75, 3.05) is 59.5 Å². The van der Waals surface area contributed by atoms with Crippen molar-refractivity contribution in [1.29, 1.82) is 0 Å². The van der Waals surface area contributed by atoms with Gasteiger partial charge < -0.3 is 23.7 Å². The van der Waals surface area contributed by atoms with Crippen LogP contribution in [0.25, 0.3) is 0 Å². The molecule has 156 valence electrons. The lowest BCUT2D eigenvalue weighted by Crippen LogP contribution is -2.14. The second-order valence-corrected chi connectivity index (χ2v) is 6.19. The summed E-state index contributed by atoms with van der Waals surface area (Å²) in [6, 6.07) is 0. The molecule has 0 atom stereocenters. The molecule has 0 unspecified atom stereocenters. The number of carbonyl (C=O) groups excluding carboxylic acids is 1. The molecule has 0 aliphatic rings. The number of carbonyl (C=O) groups is 1. The first-order valence-electron chi connectivity index (χ1n) is 10.3. The van der Waals surface area contributed by atoms with Crippen LogP contribution < -0.4 is 0 Å². The van der Waals surface area contributed by atoms with Crippen LogP contribution in [0.5, 0.6) is 0 Å². The molecule has 6 heteroatoms. The van der Waals surface area contributed by atoms with Crippen molar-refractivity contribution in [2.24, 2.45) is 0 Å². The second kappa shape index (κ2) is 22.4. The quantitative estimate of drug-likeness (QED) is 0.224. The van der Waals surface area contributed by atoms with E-state index in [9.17, 15) is 4.79 Å². The van der Waals surface area contributed by atoms with E-state index < -0.39 is 0 Å². The molecule has 0 saturated carbocycles. The molecule has 0 radical (unpaired) electrons. The van der Waals surface area contributed by atoms with E-state index in [1.54, 1.807) is 0 Å². The van der Waals surface area contributed by atoms with E-state index >= 15 is 0 Å². The van der Waals surface area contributed by atoms with E-state index in [1.807, 2.05) is 6.92 Å². The lowest BCUT2D eigenvalue weighted by atomic mass is 10.1. The van der Waals surface area contributed by atoms with E-state index in [1.165, 1.54) is 32.1 Å². The fraction of sp³-hybridized carbons (Fsp3) is 0.950. The smallest absolute Gasteiger partial charge is 0.305 e. The molecule has 0 spiro atoms. The van der Waals surface area contributed by atoms with Crippen molar-refractivity contribution < 1.29 is 28.5 Å². The fourth-order valence-corrected chi connectivity index (χ4v) is 2.24. The third-order valence-electron chi connectivity index (χ3n) is 3.70. The zero-order chi connectivity index (χ0) is 19.1. The van der Waals surface area contributed by atoms with Gasteiger partial charge in [0.05, 0.1) is 46.2 Å². The maximum atomic E-state index is 11.1. The highest BCUT2D eigenvalue weighted by Crippen LogP contribution is 2.04. The first-order chi connectivity index (χ1) is 12.8. The summed E-state index contributed by atoms with van der Waals surface area (Å²) in [6.45, 7) is 9.10. The maximum absolute atomic E-state index is 11.1. The summed E-state index contributed by atoms with van der Waals surface area (Å²) in [4.78, 5) is 11.1. The van der Waals surface area contributed by atoms with Gasteiger partial charge in [-0.25, -0.2) is 0 Å². The summed E-state index contributed by atoms with van der Waals surface area (Å²) in [6.07, 6.45) is 8.98. The Morgan fingerprint density at radius 3 is 1.54 bits per heavy atom. The van der Waals surface area contributed by atoms with Gasteiger partial charge in [0.15, 0.2) is 0 Å². The number of ether oxygens (including phenoxy) is 5. The summed E-state index contributed by atoms with van der Waals surface area (Å²) >= 11 is 0. The van der Waals surface area contributed by atoms with Crippen LogP contribution in [0, 0.1) is 0 Å². The molecule has 0 aromatic heterocycles. The number of hydrogen-bond donors (Lipinski definition) is 0. The Morgan fingerprint density at radius 2 is 1.00 bits per heavy atom. The summed E-state index contributed by atoms with van der Waals surface area (Å²) < 4.78 is 26.7. The van der Waals surface area contributed by atoms with Gasteiger partial charge in [-0.15, -0.1) is 0 Å². The Labute approximate surface area is 159 Å². The minimum Gasteiger partial charge on any atom is -0.463 e. The normalized spacial score (nSPS) is 11.0. The van der Waals surface area contributed by atoms with Gasteiger partial charge in [0.1, 0.15) is 6.61 Å². The standard InChI is InChI=1S/C20H40O6/c1-3-5-6-7-8-9-11-22-12-13-23-14-15-24-16-17-25-18-19-26-20(21)10-4-2/h3-19H2,1-2H3. The van der Waals surface area contributed by atoms with Crippen LogP contribution in [0.2, 0.25) is 0 Å². The largest absolute Gasteiger partial charge is 0.463 e. The Balaban J connectivity index is 3.02. The van der Waals surface area contributed by atoms with Gasteiger partial charge in [0, 0.05) is 13.0 Å². The molecule has 0 aromatic carbocycles. The number of hydrogen-bond acceptors (Lipinski definition) is 6. The lowest BCUT2D eigenvalue weighted by Gasteiger charge is -2.08. The highest BCUT2D eigenvalue weighted by Gasteiger charge is 1.99. The topological polar surface area (TPSA) is 63.2 Å². The Morgan fingerprint density at radius 1 is 0.538 bits per heavy atom. The molecule has 0 bridgehead atoms. The Kier molecular flexibility index (Phi) is 21.8. The van der Waals surface area contributed by atoms with Gasteiger partial charge in [-0.05, 0) is 12.8 Å². The average Bonchev–Trinajstić information content (AvgIpc) is 2.64. The average molecular weight is 377 g/mol. The Hall–Kier alpha value is -0.690. The molecule has 0 rings (SSSR count). The van der Waals surface area contributed by atoms with Crippen molar-refractivity contribution in [1.82, 2.24) is 0 Å². The van der Waals surface area contributed by atoms with Crippen molar-refractivity contribution in [3.8, 4) is 0 Å². The molecule has 0 heterocycles. The van der Waals surface area contributed by atoms with Gasteiger partial charge in [0.2, 0.25) is 0 Å². The van der Waals surface area contributed by atoms with Crippen LogP contribution in [0.15, 0.2) is 0 Å². The maximum Gasteiger partial charge on any atom is 0.305 e. The van der Waals surface area contributed by atoms with Crippen LogP contribution in [0.4, 0.5) is 0 Å². The van der Waals surface area contributed by atoms with Crippen LogP contribution >= 0.6 is 0 Å². The molecule has 0 amide bonds. The molecule has 0 N–H and O–H groups in total. The molecular weight excluding hydrogens is 336 g/mol.